The number of nitrogen functional groups attached to an aromatic ring is 1. The summed E-state index contributed by atoms with van der Waals surface area (Å²) in [7, 11) is 0. The number of anilines is 1. The van der Waals surface area contributed by atoms with Crippen LogP contribution in [0.2, 0.25) is 0 Å². The number of nitrogens with two attached hydrogens (primary N) is 1. The van der Waals surface area contributed by atoms with E-state index < -0.39 is 0 Å². The minimum atomic E-state index is -0.247. The van der Waals surface area contributed by atoms with Crippen molar-refractivity contribution in [2.24, 2.45) is 0 Å². The second-order valence-electron chi connectivity index (χ2n) is 4.65. The summed E-state index contributed by atoms with van der Waals surface area (Å²) in [5.41, 5.74) is 7.12. The molecule has 23 heavy (non-hydrogen) atoms. The summed E-state index contributed by atoms with van der Waals surface area (Å²) in [6.07, 6.45) is 10.7. The van der Waals surface area contributed by atoms with Gasteiger partial charge in [0, 0.05) is 17.3 Å². The van der Waals surface area contributed by atoms with E-state index in [1.54, 1.807) is 12.1 Å². The minimum Gasteiger partial charge on any atom is -0.872 e. The molecular formula is C19H17FeNO2. The van der Waals surface area contributed by atoms with Gasteiger partial charge >= 0.3 is 17.1 Å². The molecular weight excluding hydrogens is 330 g/mol. The van der Waals surface area contributed by atoms with Crippen LogP contribution in [-0.4, -0.2) is 5.11 Å². The molecule has 3 nitrogen and oxygen atoms in total. The van der Waals surface area contributed by atoms with Crippen molar-refractivity contribution in [1.82, 2.24) is 0 Å². The van der Waals surface area contributed by atoms with Gasteiger partial charge < -0.3 is 15.9 Å². The standard InChI is InChI=1S/C14H13NO2.C5H5.Fe/c15-11-6-7-12(14(17)9-11)13(16)8-5-10-3-1-2-4-10;1-2-4-5-3-1;/h1-9,16-17H,15H2;1-5H;/q;-1;+2/p-1. The molecule has 0 amide bonds. The summed E-state index contributed by atoms with van der Waals surface area (Å²) in [5, 5.41) is 21.4. The van der Waals surface area contributed by atoms with E-state index in [0.29, 0.717) is 5.69 Å². The first-order valence-electron chi connectivity index (χ1n) is 6.86. The molecule has 0 fully saturated rings. The molecule has 118 valence electrons. The summed E-state index contributed by atoms with van der Waals surface area (Å²) in [6.45, 7) is 0. The Bertz CT molecular complexity index is 695. The second-order valence-corrected chi connectivity index (χ2v) is 4.65. The molecule has 1 aliphatic carbocycles. The molecule has 0 saturated heterocycles. The normalized spacial score (nSPS) is 12.3. The van der Waals surface area contributed by atoms with Gasteiger partial charge in [0.2, 0.25) is 0 Å². The fraction of sp³-hybridized carbons (Fsp3) is 0. The van der Waals surface area contributed by atoms with Crippen molar-refractivity contribution in [2.45, 2.75) is 0 Å². The molecule has 3 rings (SSSR count). The molecule has 0 bridgehead atoms. The summed E-state index contributed by atoms with van der Waals surface area (Å²) < 4.78 is 0. The summed E-state index contributed by atoms with van der Waals surface area (Å²) in [4.78, 5) is 0. The molecule has 0 unspecified atom stereocenters. The van der Waals surface area contributed by atoms with Gasteiger partial charge in [0.1, 0.15) is 5.75 Å². The number of rotatable bonds is 2. The van der Waals surface area contributed by atoms with E-state index in [2.05, 4.69) is 0 Å². The smallest absolute Gasteiger partial charge is 0.872 e. The molecule has 0 aromatic heterocycles. The zero-order valence-corrected chi connectivity index (χ0v) is 13.5. The Kier molecular flexibility index (Phi) is 7.61. The number of allylic oxidation sites excluding steroid dienone is 7. The van der Waals surface area contributed by atoms with Gasteiger partial charge in [-0.05, 0) is 17.7 Å². The van der Waals surface area contributed by atoms with Crippen molar-refractivity contribution in [3.8, 4) is 5.75 Å². The third-order valence-electron chi connectivity index (χ3n) is 2.96. The van der Waals surface area contributed by atoms with Crippen molar-refractivity contribution in [2.75, 3.05) is 5.73 Å². The first-order chi connectivity index (χ1) is 10.7. The first-order valence-corrected chi connectivity index (χ1v) is 6.86. The molecule has 4 heteroatoms. The van der Waals surface area contributed by atoms with E-state index in [1.165, 1.54) is 18.2 Å². The van der Waals surface area contributed by atoms with E-state index in [4.69, 9.17) is 5.73 Å². The largest absolute Gasteiger partial charge is 2.00 e. The van der Waals surface area contributed by atoms with Crippen molar-refractivity contribution in [3.05, 3.63) is 96.1 Å². The summed E-state index contributed by atoms with van der Waals surface area (Å²) >= 11 is 0. The third-order valence-corrected chi connectivity index (χ3v) is 2.96. The number of hydrogen-bond acceptors (Lipinski definition) is 3. The Morgan fingerprint density at radius 2 is 1.78 bits per heavy atom. The summed E-state index contributed by atoms with van der Waals surface area (Å²) in [5.74, 6) is -0.342. The molecule has 0 saturated carbocycles. The topological polar surface area (TPSA) is 69.3 Å². The molecule has 2 aromatic carbocycles. The van der Waals surface area contributed by atoms with Crippen molar-refractivity contribution in [3.63, 3.8) is 0 Å². The van der Waals surface area contributed by atoms with Gasteiger partial charge in [0.05, 0.1) is 0 Å². The zero-order chi connectivity index (χ0) is 15.8. The molecule has 0 radical (unpaired) electrons. The summed E-state index contributed by atoms with van der Waals surface area (Å²) in [6, 6.07) is 14.5. The average molecular weight is 347 g/mol. The Morgan fingerprint density at radius 3 is 2.30 bits per heavy atom. The quantitative estimate of drug-likeness (QED) is 0.380. The van der Waals surface area contributed by atoms with E-state index in [-0.39, 0.29) is 34.1 Å². The van der Waals surface area contributed by atoms with Crippen LogP contribution < -0.4 is 10.8 Å². The van der Waals surface area contributed by atoms with Crippen molar-refractivity contribution in [1.29, 1.82) is 0 Å². The molecule has 0 atom stereocenters. The van der Waals surface area contributed by atoms with Gasteiger partial charge in [-0.3, -0.25) is 0 Å². The fourth-order valence-electron chi connectivity index (χ4n) is 1.84. The zero-order valence-electron chi connectivity index (χ0n) is 12.4. The van der Waals surface area contributed by atoms with Crippen LogP contribution in [0.5, 0.6) is 5.75 Å². The third kappa shape index (κ3) is 5.99. The second kappa shape index (κ2) is 9.46. The van der Waals surface area contributed by atoms with Crippen LogP contribution in [0.4, 0.5) is 5.69 Å². The fourth-order valence-corrected chi connectivity index (χ4v) is 1.84. The van der Waals surface area contributed by atoms with Crippen LogP contribution in [-0.2, 0) is 17.1 Å². The van der Waals surface area contributed by atoms with Gasteiger partial charge in [-0.2, -0.15) is 18.2 Å². The van der Waals surface area contributed by atoms with E-state index in [9.17, 15) is 10.2 Å². The van der Waals surface area contributed by atoms with E-state index >= 15 is 0 Å². The van der Waals surface area contributed by atoms with Crippen molar-refractivity contribution >= 4 is 11.4 Å². The molecule has 0 heterocycles. The molecule has 2 aromatic rings. The predicted molar refractivity (Wildman–Crippen MR) is 88.9 cm³/mol. The SMILES string of the molecule is Nc1ccc(C([O-])=CC=C2C=CC=C2)c(O)c1.[Fe+2].c1cc[cH-]c1. The van der Waals surface area contributed by atoms with Crippen LogP contribution in [0.25, 0.3) is 5.76 Å². The van der Waals surface area contributed by atoms with E-state index in [0.717, 1.165) is 5.57 Å². The van der Waals surface area contributed by atoms with E-state index in [1.807, 2.05) is 54.6 Å². The number of aromatic hydroxyl groups is 1. The Labute approximate surface area is 146 Å². The van der Waals surface area contributed by atoms with Gasteiger partial charge in [-0.15, -0.1) is 0 Å². The maximum absolute atomic E-state index is 11.8. The minimum absolute atomic E-state index is 0. The van der Waals surface area contributed by atoms with Crippen LogP contribution in [0, 0.1) is 0 Å². The average Bonchev–Trinajstić information content (AvgIpc) is 3.21. The van der Waals surface area contributed by atoms with Crippen LogP contribution in [0.15, 0.2) is 90.6 Å². The maximum Gasteiger partial charge on any atom is 2.00 e. The molecule has 0 aliphatic heterocycles. The number of benzene rings is 1. The van der Waals surface area contributed by atoms with Gasteiger partial charge in [0.15, 0.2) is 0 Å². The van der Waals surface area contributed by atoms with Gasteiger partial charge in [-0.25, -0.2) is 12.1 Å². The molecule has 3 N–H and O–H groups in total. The number of phenolic OH excluding ortho intramolecular Hbond substituents is 1. The number of phenols is 1. The van der Waals surface area contributed by atoms with Crippen molar-refractivity contribution < 1.29 is 27.3 Å². The first kappa shape index (κ1) is 18.5. The Hall–Kier alpha value is -2.55. The van der Waals surface area contributed by atoms with Gasteiger partial charge in [0.25, 0.3) is 0 Å². The van der Waals surface area contributed by atoms with Gasteiger partial charge in [-0.1, -0.05) is 42.2 Å². The predicted octanol–water partition coefficient (Wildman–Crippen LogP) is 3.13. The van der Waals surface area contributed by atoms with Crippen LogP contribution >= 0.6 is 0 Å². The van der Waals surface area contributed by atoms with Crippen LogP contribution in [0.1, 0.15) is 5.56 Å². The molecule has 0 spiro atoms. The van der Waals surface area contributed by atoms with Crippen LogP contribution in [0.3, 0.4) is 0 Å². The Morgan fingerprint density at radius 1 is 1.13 bits per heavy atom. The monoisotopic (exact) mass is 347 g/mol. The number of hydrogen-bond donors (Lipinski definition) is 2. The molecule has 1 aliphatic rings. The Balaban J connectivity index is 0.000000377. The maximum atomic E-state index is 11.8.